The Morgan fingerprint density at radius 1 is 1.14 bits per heavy atom. The van der Waals surface area contributed by atoms with Crippen LogP contribution in [-0.4, -0.2) is 34.8 Å². The molecule has 0 saturated heterocycles. The molecule has 1 aromatic carbocycles. The molecule has 0 spiro atoms. The Hall–Kier alpha value is -2.69. The molecule has 1 aliphatic heterocycles. The van der Waals surface area contributed by atoms with E-state index < -0.39 is 0 Å². The van der Waals surface area contributed by atoms with Crippen LogP contribution in [0.25, 0.3) is 0 Å². The van der Waals surface area contributed by atoms with Gasteiger partial charge in [0.25, 0.3) is 5.91 Å². The summed E-state index contributed by atoms with van der Waals surface area (Å²) in [5.41, 5.74) is 2.94. The first-order valence-electron chi connectivity index (χ1n) is 7.27. The van der Waals surface area contributed by atoms with Crippen LogP contribution in [0.3, 0.4) is 0 Å². The molecular weight excluding hydrogens is 278 g/mol. The smallest absolute Gasteiger partial charge is 0.253 e. The van der Waals surface area contributed by atoms with Gasteiger partial charge in [-0.25, -0.2) is 0 Å². The Morgan fingerprint density at radius 3 is 2.73 bits per heavy atom. The van der Waals surface area contributed by atoms with Gasteiger partial charge in [-0.3, -0.25) is 14.6 Å². The van der Waals surface area contributed by atoms with Crippen molar-refractivity contribution in [3.8, 4) is 0 Å². The molecule has 0 bridgehead atoms. The lowest BCUT2D eigenvalue weighted by Crippen LogP contribution is -2.42. The molecule has 0 aliphatic carbocycles. The van der Waals surface area contributed by atoms with E-state index in [9.17, 15) is 9.59 Å². The normalized spacial score (nSPS) is 13.4. The lowest BCUT2D eigenvalue weighted by molar-refractivity contribution is -0.131. The summed E-state index contributed by atoms with van der Waals surface area (Å²) in [5.74, 6) is -0.342. The van der Waals surface area contributed by atoms with Crippen molar-refractivity contribution in [2.45, 2.75) is 13.0 Å². The van der Waals surface area contributed by atoms with Gasteiger partial charge < -0.3 is 10.2 Å². The van der Waals surface area contributed by atoms with Crippen molar-refractivity contribution < 1.29 is 9.59 Å². The molecule has 1 aromatic heterocycles. The molecule has 5 heteroatoms. The fourth-order valence-corrected chi connectivity index (χ4v) is 2.58. The molecule has 0 saturated carbocycles. The van der Waals surface area contributed by atoms with Gasteiger partial charge in [-0.1, -0.05) is 24.3 Å². The number of hydrogen-bond donors (Lipinski definition) is 1. The summed E-state index contributed by atoms with van der Waals surface area (Å²) in [6, 6.07) is 11.5. The first-order chi connectivity index (χ1) is 10.7. The van der Waals surface area contributed by atoms with Crippen molar-refractivity contribution in [1.29, 1.82) is 0 Å². The number of hydrogen-bond acceptors (Lipinski definition) is 3. The number of nitrogens with zero attached hydrogens (tertiary/aromatic N) is 2. The predicted molar refractivity (Wildman–Crippen MR) is 82.1 cm³/mol. The molecule has 2 aromatic rings. The lowest BCUT2D eigenvalue weighted by atomic mass is 10.00. The summed E-state index contributed by atoms with van der Waals surface area (Å²) >= 11 is 0. The third-order valence-corrected chi connectivity index (χ3v) is 3.81. The number of pyridine rings is 1. The van der Waals surface area contributed by atoms with E-state index >= 15 is 0 Å². The second-order valence-corrected chi connectivity index (χ2v) is 5.26. The van der Waals surface area contributed by atoms with E-state index in [0.29, 0.717) is 18.7 Å². The number of amides is 2. The second kappa shape index (κ2) is 6.39. The lowest BCUT2D eigenvalue weighted by Gasteiger charge is -2.29. The fraction of sp³-hybridized carbons (Fsp3) is 0.235. The van der Waals surface area contributed by atoms with Crippen molar-refractivity contribution in [3.05, 3.63) is 65.5 Å². The zero-order valence-corrected chi connectivity index (χ0v) is 12.2. The number of benzene rings is 1. The fourth-order valence-electron chi connectivity index (χ4n) is 2.58. The van der Waals surface area contributed by atoms with Crippen molar-refractivity contribution in [3.63, 3.8) is 0 Å². The zero-order valence-electron chi connectivity index (χ0n) is 12.2. The Kier molecular flexibility index (Phi) is 4.14. The third kappa shape index (κ3) is 3.14. The van der Waals surface area contributed by atoms with Gasteiger partial charge in [0.1, 0.15) is 0 Å². The van der Waals surface area contributed by atoms with Crippen molar-refractivity contribution >= 4 is 11.8 Å². The Morgan fingerprint density at radius 2 is 1.95 bits per heavy atom. The summed E-state index contributed by atoms with van der Waals surface area (Å²) in [6.07, 6.45) is 3.95. The van der Waals surface area contributed by atoms with Crippen LogP contribution >= 0.6 is 0 Å². The number of aromatic nitrogens is 1. The molecule has 0 fully saturated rings. The summed E-state index contributed by atoms with van der Waals surface area (Å²) < 4.78 is 0. The van der Waals surface area contributed by atoms with Gasteiger partial charge >= 0.3 is 0 Å². The summed E-state index contributed by atoms with van der Waals surface area (Å²) in [7, 11) is 0. The Bertz CT molecular complexity index is 685. The SMILES string of the molecule is O=C(NCC(=O)N1CCc2ccccc2C1)c1cccnc1. The van der Waals surface area contributed by atoms with Gasteiger partial charge in [0.15, 0.2) is 0 Å². The second-order valence-electron chi connectivity index (χ2n) is 5.26. The van der Waals surface area contributed by atoms with Crippen LogP contribution in [0.15, 0.2) is 48.8 Å². The molecule has 2 amide bonds. The molecule has 1 N–H and O–H groups in total. The largest absolute Gasteiger partial charge is 0.343 e. The monoisotopic (exact) mass is 295 g/mol. The number of nitrogens with one attached hydrogen (secondary N) is 1. The van der Waals surface area contributed by atoms with Crippen LogP contribution in [0, 0.1) is 0 Å². The van der Waals surface area contributed by atoms with Crippen molar-refractivity contribution in [2.75, 3.05) is 13.1 Å². The van der Waals surface area contributed by atoms with Crippen molar-refractivity contribution in [1.82, 2.24) is 15.2 Å². The highest BCUT2D eigenvalue weighted by atomic mass is 16.2. The molecular formula is C17H17N3O2. The van der Waals surface area contributed by atoms with Crippen LogP contribution in [0.1, 0.15) is 21.5 Å². The van der Waals surface area contributed by atoms with Gasteiger partial charge in [0.05, 0.1) is 12.1 Å². The molecule has 3 rings (SSSR count). The maximum absolute atomic E-state index is 12.2. The summed E-state index contributed by atoms with van der Waals surface area (Å²) in [4.78, 5) is 29.8. The minimum atomic E-state index is -0.279. The molecule has 22 heavy (non-hydrogen) atoms. The van der Waals surface area contributed by atoms with E-state index in [1.807, 2.05) is 18.2 Å². The van der Waals surface area contributed by atoms with Gasteiger partial charge in [0, 0.05) is 25.5 Å². The molecule has 112 valence electrons. The van der Waals surface area contributed by atoms with E-state index in [1.54, 1.807) is 23.2 Å². The Balaban J connectivity index is 1.56. The first kappa shape index (κ1) is 14.3. The van der Waals surface area contributed by atoms with Gasteiger partial charge in [-0.05, 0) is 29.7 Å². The zero-order chi connectivity index (χ0) is 15.4. The standard InChI is InChI=1S/C17H17N3O2/c21-16(11-19-17(22)14-6-3-8-18-10-14)20-9-7-13-4-1-2-5-15(13)12-20/h1-6,8,10H,7,9,11-12H2,(H,19,22). The molecule has 5 nitrogen and oxygen atoms in total. The Labute approximate surface area is 129 Å². The molecule has 0 atom stereocenters. The van der Waals surface area contributed by atoms with Gasteiger partial charge in [-0.2, -0.15) is 0 Å². The quantitative estimate of drug-likeness (QED) is 0.931. The molecule has 0 radical (unpaired) electrons. The molecule has 1 aliphatic rings. The first-order valence-corrected chi connectivity index (χ1v) is 7.27. The van der Waals surface area contributed by atoms with E-state index in [-0.39, 0.29) is 18.4 Å². The highest BCUT2D eigenvalue weighted by Crippen LogP contribution is 2.18. The van der Waals surface area contributed by atoms with Crippen LogP contribution in [0.4, 0.5) is 0 Å². The minimum absolute atomic E-state index is 0.00982. The molecule has 0 unspecified atom stereocenters. The summed E-state index contributed by atoms with van der Waals surface area (Å²) in [5, 5.41) is 2.65. The number of fused-ring (bicyclic) bond motifs is 1. The topological polar surface area (TPSA) is 62.3 Å². The average Bonchev–Trinajstić information content (AvgIpc) is 2.59. The third-order valence-electron chi connectivity index (χ3n) is 3.81. The molecule has 2 heterocycles. The van der Waals surface area contributed by atoms with Crippen LogP contribution in [-0.2, 0) is 17.8 Å². The predicted octanol–water partition coefficient (Wildman–Crippen LogP) is 1.40. The van der Waals surface area contributed by atoms with E-state index in [4.69, 9.17) is 0 Å². The van der Waals surface area contributed by atoms with Crippen molar-refractivity contribution in [2.24, 2.45) is 0 Å². The number of carbonyl (C=O) groups is 2. The summed E-state index contributed by atoms with van der Waals surface area (Å²) in [6.45, 7) is 1.31. The minimum Gasteiger partial charge on any atom is -0.343 e. The van der Waals surface area contributed by atoms with Crippen LogP contribution < -0.4 is 5.32 Å². The van der Waals surface area contributed by atoms with E-state index in [1.165, 1.54) is 17.3 Å². The van der Waals surface area contributed by atoms with Crippen LogP contribution in [0.5, 0.6) is 0 Å². The number of carbonyl (C=O) groups excluding carboxylic acids is 2. The highest BCUT2D eigenvalue weighted by molar-refractivity contribution is 5.96. The van der Waals surface area contributed by atoms with Crippen LogP contribution in [0.2, 0.25) is 0 Å². The van der Waals surface area contributed by atoms with Gasteiger partial charge in [-0.15, -0.1) is 0 Å². The highest BCUT2D eigenvalue weighted by Gasteiger charge is 2.20. The maximum atomic E-state index is 12.2. The van der Waals surface area contributed by atoms with E-state index in [2.05, 4.69) is 16.4 Å². The number of rotatable bonds is 3. The maximum Gasteiger partial charge on any atom is 0.253 e. The average molecular weight is 295 g/mol. The van der Waals surface area contributed by atoms with E-state index in [0.717, 1.165) is 6.42 Å². The van der Waals surface area contributed by atoms with Gasteiger partial charge in [0.2, 0.25) is 5.91 Å².